The lowest BCUT2D eigenvalue weighted by molar-refractivity contribution is -0.156. The van der Waals surface area contributed by atoms with E-state index in [0.717, 1.165) is 12.0 Å². The first-order valence-electron chi connectivity index (χ1n) is 4.79. The summed E-state index contributed by atoms with van der Waals surface area (Å²) in [6.07, 6.45) is 2.30. The molecule has 1 aliphatic carbocycles. The average molecular weight is 196 g/mol. The highest BCUT2D eigenvalue weighted by atomic mass is 16.5. The number of allylic oxidation sites excluding steroid dienone is 1. The van der Waals surface area contributed by atoms with Gasteiger partial charge in [-0.2, -0.15) is 0 Å². The summed E-state index contributed by atoms with van der Waals surface area (Å²) in [5.41, 5.74) is -0.0636. The summed E-state index contributed by atoms with van der Waals surface area (Å²) in [5.74, 6) is -0.393. The minimum absolute atomic E-state index is 0.00681. The van der Waals surface area contributed by atoms with Gasteiger partial charge in [0.15, 0.2) is 5.78 Å². The van der Waals surface area contributed by atoms with Crippen molar-refractivity contribution in [3.05, 3.63) is 12.2 Å². The van der Waals surface area contributed by atoms with Gasteiger partial charge in [-0.3, -0.25) is 9.59 Å². The lowest BCUT2D eigenvalue weighted by Gasteiger charge is -2.24. The van der Waals surface area contributed by atoms with E-state index in [2.05, 4.69) is 6.58 Å². The van der Waals surface area contributed by atoms with Crippen molar-refractivity contribution < 1.29 is 14.3 Å². The van der Waals surface area contributed by atoms with Gasteiger partial charge < -0.3 is 4.74 Å². The molecule has 0 N–H and O–H groups in total. The maximum absolute atomic E-state index is 11.7. The minimum atomic E-state index is -0.916. The molecule has 0 radical (unpaired) electrons. The van der Waals surface area contributed by atoms with Gasteiger partial charge in [0.2, 0.25) is 0 Å². The maximum atomic E-state index is 11.7. The van der Waals surface area contributed by atoms with Gasteiger partial charge >= 0.3 is 5.97 Å². The molecule has 0 aromatic rings. The number of methoxy groups -OCH3 is 1. The molecule has 3 nitrogen and oxygen atoms in total. The van der Waals surface area contributed by atoms with Crippen molar-refractivity contribution >= 4 is 11.8 Å². The molecule has 1 saturated carbocycles. The van der Waals surface area contributed by atoms with Crippen LogP contribution in [0.3, 0.4) is 0 Å². The number of esters is 1. The van der Waals surface area contributed by atoms with E-state index in [9.17, 15) is 9.59 Å². The Labute approximate surface area is 84.1 Å². The molecule has 1 fully saturated rings. The highest BCUT2D eigenvalue weighted by molar-refractivity contribution is 6.05. The van der Waals surface area contributed by atoms with Crippen LogP contribution in [0.15, 0.2) is 12.2 Å². The smallest absolute Gasteiger partial charge is 0.319 e. The van der Waals surface area contributed by atoms with Crippen LogP contribution in [-0.4, -0.2) is 18.9 Å². The largest absolute Gasteiger partial charge is 0.468 e. The summed E-state index contributed by atoms with van der Waals surface area (Å²) < 4.78 is 4.71. The van der Waals surface area contributed by atoms with Gasteiger partial charge in [-0.05, 0) is 26.2 Å². The SMILES string of the molecule is C=C(C)CC1(C(=O)OC)CCCC1=O. The standard InChI is InChI=1S/C11H16O3/c1-8(2)7-11(10(13)14-3)6-4-5-9(11)12/h1,4-7H2,2-3H3. The van der Waals surface area contributed by atoms with Crippen molar-refractivity contribution in [2.45, 2.75) is 32.6 Å². The third kappa shape index (κ3) is 1.72. The molecule has 1 rings (SSSR count). The molecule has 0 bridgehead atoms. The Bertz CT molecular complexity index is 280. The molecule has 78 valence electrons. The Morgan fingerprint density at radius 2 is 2.29 bits per heavy atom. The predicted octanol–water partition coefficient (Wildman–Crippen LogP) is 1.86. The third-order valence-corrected chi connectivity index (χ3v) is 2.72. The molecule has 1 aliphatic rings. The number of rotatable bonds is 3. The van der Waals surface area contributed by atoms with Crippen molar-refractivity contribution in [1.82, 2.24) is 0 Å². The zero-order valence-corrected chi connectivity index (χ0v) is 8.76. The lowest BCUT2D eigenvalue weighted by atomic mass is 9.79. The topological polar surface area (TPSA) is 43.4 Å². The fourth-order valence-corrected chi connectivity index (χ4v) is 2.11. The first kappa shape index (κ1) is 11.0. The van der Waals surface area contributed by atoms with E-state index < -0.39 is 11.4 Å². The van der Waals surface area contributed by atoms with E-state index in [4.69, 9.17) is 4.74 Å². The summed E-state index contributed by atoms with van der Waals surface area (Å²) >= 11 is 0. The number of ketones is 1. The Kier molecular flexibility index (Phi) is 3.09. The quantitative estimate of drug-likeness (QED) is 0.393. The lowest BCUT2D eigenvalue weighted by Crippen LogP contribution is -2.36. The van der Waals surface area contributed by atoms with Gasteiger partial charge in [-0.25, -0.2) is 0 Å². The maximum Gasteiger partial charge on any atom is 0.319 e. The predicted molar refractivity (Wildman–Crippen MR) is 52.7 cm³/mol. The number of hydrogen-bond donors (Lipinski definition) is 0. The molecule has 0 aromatic carbocycles. The van der Waals surface area contributed by atoms with Crippen LogP contribution in [0.25, 0.3) is 0 Å². The van der Waals surface area contributed by atoms with Gasteiger partial charge in [0.05, 0.1) is 7.11 Å². The molecule has 1 atom stereocenters. The Balaban J connectivity index is 2.95. The van der Waals surface area contributed by atoms with Crippen LogP contribution in [0.4, 0.5) is 0 Å². The first-order valence-corrected chi connectivity index (χ1v) is 4.79. The summed E-state index contributed by atoms with van der Waals surface area (Å²) in [7, 11) is 1.33. The van der Waals surface area contributed by atoms with E-state index >= 15 is 0 Å². The molecule has 0 amide bonds. The van der Waals surface area contributed by atoms with E-state index in [-0.39, 0.29) is 5.78 Å². The van der Waals surface area contributed by atoms with Crippen LogP contribution in [0.2, 0.25) is 0 Å². The van der Waals surface area contributed by atoms with Crippen LogP contribution < -0.4 is 0 Å². The fraction of sp³-hybridized carbons (Fsp3) is 0.636. The number of hydrogen-bond acceptors (Lipinski definition) is 3. The third-order valence-electron chi connectivity index (χ3n) is 2.72. The Hall–Kier alpha value is -1.12. The summed E-state index contributed by atoms with van der Waals surface area (Å²) in [5, 5.41) is 0. The second-order valence-corrected chi connectivity index (χ2v) is 3.98. The molecule has 1 unspecified atom stereocenters. The summed E-state index contributed by atoms with van der Waals surface area (Å²) in [4.78, 5) is 23.3. The molecule has 0 spiro atoms. The summed E-state index contributed by atoms with van der Waals surface area (Å²) in [6, 6.07) is 0. The molecule has 0 aliphatic heterocycles. The second-order valence-electron chi connectivity index (χ2n) is 3.98. The van der Waals surface area contributed by atoms with Crippen LogP contribution in [-0.2, 0) is 14.3 Å². The van der Waals surface area contributed by atoms with E-state index in [1.54, 1.807) is 0 Å². The molecule has 0 heterocycles. The zero-order valence-electron chi connectivity index (χ0n) is 8.76. The number of carbonyl (C=O) groups is 2. The van der Waals surface area contributed by atoms with Gasteiger partial charge in [-0.15, -0.1) is 6.58 Å². The minimum Gasteiger partial charge on any atom is -0.468 e. The monoisotopic (exact) mass is 196 g/mol. The molecular weight excluding hydrogens is 180 g/mol. The molecule has 0 saturated heterocycles. The van der Waals surface area contributed by atoms with Gasteiger partial charge in [0.1, 0.15) is 5.41 Å². The Morgan fingerprint density at radius 1 is 1.64 bits per heavy atom. The van der Waals surface area contributed by atoms with Crippen LogP contribution in [0.5, 0.6) is 0 Å². The second kappa shape index (κ2) is 3.95. The highest BCUT2D eigenvalue weighted by Crippen LogP contribution is 2.40. The Morgan fingerprint density at radius 3 is 2.64 bits per heavy atom. The zero-order chi connectivity index (χ0) is 10.8. The van der Waals surface area contributed by atoms with Gasteiger partial charge in [0.25, 0.3) is 0 Å². The van der Waals surface area contributed by atoms with Crippen molar-refractivity contribution in [1.29, 1.82) is 0 Å². The first-order chi connectivity index (χ1) is 6.53. The van der Waals surface area contributed by atoms with Gasteiger partial charge in [0, 0.05) is 6.42 Å². The van der Waals surface area contributed by atoms with Crippen molar-refractivity contribution in [2.75, 3.05) is 7.11 Å². The van der Waals surface area contributed by atoms with Crippen molar-refractivity contribution in [3.8, 4) is 0 Å². The molecule has 14 heavy (non-hydrogen) atoms. The highest BCUT2D eigenvalue weighted by Gasteiger charge is 2.49. The normalized spacial score (nSPS) is 26.3. The van der Waals surface area contributed by atoms with Crippen LogP contribution >= 0.6 is 0 Å². The molecule has 3 heteroatoms. The van der Waals surface area contributed by atoms with E-state index in [1.165, 1.54) is 7.11 Å². The average Bonchev–Trinajstić information content (AvgIpc) is 2.47. The molecular formula is C11H16O3. The van der Waals surface area contributed by atoms with Crippen LogP contribution in [0.1, 0.15) is 32.6 Å². The van der Waals surface area contributed by atoms with Crippen LogP contribution in [0, 0.1) is 5.41 Å². The van der Waals surface area contributed by atoms with E-state index in [1.807, 2.05) is 6.92 Å². The fourth-order valence-electron chi connectivity index (χ4n) is 2.11. The van der Waals surface area contributed by atoms with E-state index in [0.29, 0.717) is 19.3 Å². The molecule has 0 aromatic heterocycles. The number of carbonyl (C=O) groups excluding carboxylic acids is 2. The summed E-state index contributed by atoms with van der Waals surface area (Å²) in [6.45, 7) is 5.58. The van der Waals surface area contributed by atoms with Gasteiger partial charge in [-0.1, -0.05) is 5.57 Å². The number of ether oxygens (including phenoxy) is 1. The van der Waals surface area contributed by atoms with Crippen molar-refractivity contribution in [3.63, 3.8) is 0 Å². The van der Waals surface area contributed by atoms with Crippen molar-refractivity contribution in [2.24, 2.45) is 5.41 Å². The number of Topliss-reactive ketones (excluding diaryl/α,β-unsaturated/α-hetero) is 1.